The number of methoxy groups -OCH3 is 1. The van der Waals surface area contributed by atoms with E-state index < -0.39 is 10.9 Å². The molecule has 1 aromatic heterocycles. The van der Waals surface area contributed by atoms with E-state index in [1.54, 1.807) is 6.33 Å². The molecule has 0 spiro atoms. The van der Waals surface area contributed by atoms with E-state index in [2.05, 4.69) is 19.5 Å². The van der Waals surface area contributed by atoms with Gasteiger partial charge in [0.05, 0.1) is 22.6 Å². The number of benzene rings is 1. The Bertz CT molecular complexity index is 919. The molecule has 10 heteroatoms. The summed E-state index contributed by atoms with van der Waals surface area (Å²) in [4.78, 5) is 24.8. The monoisotopic (exact) mass is 405 g/mol. The zero-order valence-corrected chi connectivity index (χ0v) is 16.1. The van der Waals surface area contributed by atoms with E-state index >= 15 is 0 Å². The molecule has 0 radical (unpaired) electrons. The number of carbonyl (C=O) groups excluding carboxylic acids is 1. The molecule has 1 aliphatic carbocycles. The van der Waals surface area contributed by atoms with Crippen LogP contribution >= 0.6 is 11.6 Å². The summed E-state index contributed by atoms with van der Waals surface area (Å²) in [5.41, 5.74) is 0.265. The van der Waals surface area contributed by atoms with Crippen molar-refractivity contribution in [2.45, 2.75) is 37.6 Å². The highest BCUT2D eigenvalue weighted by Gasteiger charge is 2.33. The first-order valence-electron chi connectivity index (χ1n) is 9.20. The largest absolute Gasteiger partial charge is 0.465 e. The van der Waals surface area contributed by atoms with Crippen LogP contribution in [0, 0.1) is 10.1 Å². The van der Waals surface area contributed by atoms with Gasteiger partial charge in [-0.25, -0.2) is 4.79 Å². The summed E-state index contributed by atoms with van der Waals surface area (Å²) in [6.07, 6.45) is 5.77. The summed E-state index contributed by atoms with van der Waals surface area (Å²) in [5.74, 6) is 0.594. The highest BCUT2D eigenvalue weighted by molar-refractivity contribution is 6.34. The van der Waals surface area contributed by atoms with E-state index in [-0.39, 0.29) is 22.2 Å². The van der Waals surface area contributed by atoms with Crippen molar-refractivity contribution in [1.82, 2.24) is 14.8 Å². The first-order chi connectivity index (χ1) is 13.5. The highest BCUT2D eigenvalue weighted by Crippen LogP contribution is 2.40. The Morgan fingerprint density at radius 1 is 1.29 bits per heavy atom. The molecule has 4 rings (SSSR count). The maximum Gasteiger partial charge on any atom is 0.339 e. The predicted octanol–water partition coefficient (Wildman–Crippen LogP) is 3.35. The Morgan fingerprint density at radius 2 is 2.00 bits per heavy atom. The summed E-state index contributed by atoms with van der Waals surface area (Å²) in [7, 11) is 1.21. The second kappa shape index (κ2) is 7.38. The standard InChI is InChI=1S/C18H20ClN5O4/c1-28-18(25)13-8-16(24(26)27)15(9-14(13)19)22-6-4-11(5-7-22)17-21-20-10-23(17)12-2-3-12/h8-12H,2-7H2,1H3. The van der Waals surface area contributed by atoms with Gasteiger partial charge in [0.1, 0.15) is 17.8 Å². The van der Waals surface area contributed by atoms with E-state index in [9.17, 15) is 14.9 Å². The topological polar surface area (TPSA) is 103 Å². The molecule has 2 heterocycles. The normalized spacial score (nSPS) is 17.6. The molecule has 2 fully saturated rings. The van der Waals surface area contributed by atoms with Crippen molar-refractivity contribution in [2.24, 2.45) is 0 Å². The molecule has 1 aromatic carbocycles. The lowest BCUT2D eigenvalue weighted by molar-refractivity contribution is -0.384. The molecule has 0 atom stereocenters. The fourth-order valence-corrected chi connectivity index (χ4v) is 4.01. The number of anilines is 1. The fraction of sp³-hybridized carbons (Fsp3) is 0.500. The van der Waals surface area contributed by atoms with Gasteiger partial charge in [0, 0.05) is 31.1 Å². The van der Waals surface area contributed by atoms with Gasteiger partial charge in [-0.05, 0) is 31.7 Å². The smallest absolute Gasteiger partial charge is 0.339 e. The lowest BCUT2D eigenvalue weighted by atomic mass is 9.95. The van der Waals surface area contributed by atoms with Gasteiger partial charge in [0.2, 0.25) is 0 Å². The second-order valence-corrected chi connectivity index (χ2v) is 7.57. The number of esters is 1. The van der Waals surface area contributed by atoms with E-state index in [0.29, 0.717) is 24.8 Å². The number of halogens is 1. The van der Waals surface area contributed by atoms with E-state index in [0.717, 1.165) is 18.7 Å². The number of aromatic nitrogens is 3. The quantitative estimate of drug-likeness (QED) is 0.426. The number of rotatable bonds is 5. The van der Waals surface area contributed by atoms with Crippen LogP contribution in [0.25, 0.3) is 0 Å². The molecule has 28 heavy (non-hydrogen) atoms. The number of hydrogen-bond donors (Lipinski definition) is 0. The number of nitro groups is 1. The van der Waals surface area contributed by atoms with E-state index in [1.165, 1.54) is 32.1 Å². The van der Waals surface area contributed by atoms with Crippen molar-refractivity contribution in [2.75, 3.05) is 25.1 Å². The zero-order valence-electron chi connectivity index (χ0n) is 15.4. The first kappa shape index (κ1) is 18.7. The zero-order chi connectivity index (χ0) is 19.8. The van der Waals surface area contributed by atoms with E-state index in [1.807, 2.05) is 4.90 Å². The maximum atomic E-state index is 11.8. The van der Waals surface area contributed by atoms with Crippen LogP contribution in [-0.2, 0) is 4.74 Å². The lowest BCUT2D eigenvalue weighted by Gasteiger charge is -2.33. The van der Waals surface area contributed by atoms with Gasteiger partial charge in [-0.15, -0.1) is 10.2 Å². The van der Waals surface area contributed by atoms with Crippen LogP contribution in [0.5, 0.6) is 0 Å². The SMILES string of the molecule is COC(=O)c1cc([N+](=O)[O-])c(N2CCC(c3nncn3C3CC3)CC2)cc1Cl. The Kier molecular flexibility index (Phi) is 4.92. The van der Waals surface area contributed by atoms with Gasteiger partial charge in [0.15, 0.2) is 0 Å². The number of carbonyl (C=O) groups is 1. The van der Waals surface area contributed by atoms with Crippen molar-refractivity contribution in [3.8, 4) is 0 Å². The molecule has 0 bridgehead atoms. The molecular weight excluding hydrogens is 386 g/mol. The number of nitrogens with zero attached hydrogens (tertiary/aromatic N) is 5. The highest BCUT2D eigenvalue weighted by atomic mass is 35.5. The third-order valence-corrected chi connectivity index (χ3v) is 5.72. The van der Waals surface area contributed by atoms with Crippen molar-refractivity contribution in [1.29, 1.82) is 0 Å². The molecule has 9 nitrogen and oxygen atoms in total. The van der Waals surface area contributed by atoms with Gasteiger partial charge >= 0.3 is 5.97 Å². The van der Waals surface area contributed by atoms with Crippen LogP contribution in [0.1, 0.15) is 53.8 Å². The molecule has 148 valence electrons. The molecule has 1 saturated heterocycles. The summed E-state index contributed by atoms with van der Waals surface area (Å²) in [5, 5.41) is 20.1. The lowest BCUT2D eigenvalue weighted by Crippen LogP contribution is -2.34. The molecular formula is C18H20ClN5O4. The first-order valence-corrected chi connectivity index (χ1v) is 9.58. The second-order valence-electron chi connectivity index (χ2n) is 7.16. The van der Waals surface area contributed by atoms with Crippen LogP contribution in [0.2, 0.25) is 5.02 Å². The van der Waals surface area contributed by atoms with Gasteiger partial charge in [-0.1, -0.05) is 11.6 Å². The Hall–Kier alpha value is -2.68. The minimum Gasteiger partial charge on any atom is -0.465 e. The summed E-state index contributed by atoms with van der Waals surface area (Å²) in [6.45, 7) is 1.27. The molecule has 0 unspecified atom stereocenters. The molecule has 1 aliphatic heterocycles. The van der Waals surface area contributed by atoms with Crippen LogP contribution in [0.15, 0.2) is 18.5 Å². The van der Waals surface area contributed by atoms with Crippen LogP contribution in [0.3, 0.4) is 0 Å². The summed E-state index contributed by atoms with van der Waals surface area (Å²) < 4.78 is 6.82. The van der Waals surface area contributed by atoms with Crippen LogP contribution in [-0.4, -0.2) is 45.9 Å². The van der Waals surface area contributed by atoms with E-state index in [4.69, 9.17) is 11.6 Å². The van der Waals surface area contributed by atoms with Crippen molar-refractivity contribution < 1.29 is 14.5 Å². The minimum atomic E-state index is -0.697. The fourth-order valence-electron chi connectivity index (χ4n) is 3.77. The average molecular weight is 406 g/mol. The van der Waals surface area contributed by atoms with Crippen LogP contribution < -0.4 is 4.90 Å². The number of hydrogen-bond acceptors (Lipinski definition) is 7. The Balaban J connectivity index is 1.55. The molecule has 2 aliphatic rings. The van der Waals surface area contributed by atoms with Crippen molar-refractivity contribution in [3.05, 3.63) is 45.0 Å². The molecule has 1 saturated carbocycles. The molecule has 0 amide bonds. The average Bonchev–Trinajstić information content (AvgIpc) is 3.43. The summed E-state index contributed by atoms with van der Waals surface area (Å²) in [6, 6.07) is 3.20. The van der Waals surface area contributed by atoms with Gasteiger partial charge in [-0.3, -0.25) is 10.1 Å². The van der Waals surface area contributed by atoms with Crippen LogP contribution in [0.4, 0.5) is 11.4 Å². The number of piperidine rings is 1. The minimum absolute atomic E-state index is 0.00737. The maximum absolute atomic E-state index is 11.8. The Labute approximate surface area is 166 Å². The number of ether oxygens (including phenoxy) is 1. The third-order valence-electron chi connectivity index (χ3n) is 5.41. The van der Waals surface area contributed by atoms with Crippen molar-refractivity contribution in [3.63, 3.8) is 0 Å². The predicted molar refractivity (Wildman–Crippen MR) is 102 cm³/mol. The van der Waals surface area contributed by atoms with Gasteiger partial charge < -0.3 is 14.2 Å². The molecule has 2 aromatic rings. The van der Waals surface area contributed by atoms with Gasteiger partial charge in [-0.2, -0.15) is 0 Å². The van der Waals surface area contributed by atoms with Crippen molar-refractivity contribution >= 4 is 28.9 Å². The Morgan fingerprint density at radius 3 is 2.61 bits per heavy atom. The molecule has 0 N–H and O–H groups in total. The summed E-state index contributed by atoms with van der Waals surface area (Å²) >= 11 is 6.20. The van der Waals surface area contributed by atoms with Gasteiger partial charge in [0.25, 0.3) is 5.69 Å². The number of nitro benzene ring substituents is 1. The third kappa shape index (κ3) is 3.42.